The number of hydrogen-bond acceptors (Lipinski definition) is 1. The van der Waals surface area contributed by atoms with Crippen LogP contribution in [0.2, 0.25) is 0 Å². The van der Waals surface area contributed by atoms with Crippen LogP contribution in [-0.2, 0) is 0 Å². The lowest BCUT2D eigenvalue weighted by Crippen LogP contribution is -2.12. The summed E-state index contributed by atoms with van der Waals surface area (Å²) in [6.45, 7) is 4.41. The van der Waals surface area contributed by atoms with Crippen LogP contribution in [0.25, 0.3) is 71.3 Å². The molecule has 2 heteroatoms. The second-order valence-electron chi connectivity index (χ2n) is 13.1. The molecule has 0 atom stereocenters. The molecule has 0 amide bonds. The second-order valence-corrected chi connectivity index (χ2v) is 13.1. The monoisotopic (exact) mass is 612 g/mol. The summed E-state index contributed by atoms with van der Waals surface area (Å²) in [5.74, 6) is 0. The van der Waals surface area contributed by atoms with E-state index in [0.717, 1.165) is 5.69 Å². The SMILES string of the molecule is Cc1cccc(C)c1N(c1ccccc1)c1ccc2cc3c(cc2c1)-c1cc2ccc(-n4c5ccccc5c5ccccc54)cc2cc1-3. The fourth-order valence-electron chi connectivity index (χ4n) is 8.02. The number of benzene rings is 8. The van der Waals surface area contributed by atoms with Crippen LogP contribution in [0, 0.1) is 13.8 Å². The smallest absolute Gasteiger partial charge is 0.0541 e. The lowest BCUT2D eigenvalue weighted by Gasteiger charge is -2.29. The van der Waals surface area contributed by atoms with E-state index in [4.69, 9.17) is 0 Å². The van der Waals surface area contributed by atoms with Crippen LogP contribution in [0.5, 0.6) is 0 Å². The number of hydrogen-bond donors (Lipinski definition) is 0. The summed E-state index contributed by atoms with van der Waals surface area (Å²) in [5, 5.41) is 7.62. The molecule has 0 aliphatic heterocycles. The van der Waals surface area contributed by atoms with Gasteiger partial charge in [0, 0.05) is 27.8 Å². The molecular formula is C46H32N2. The Morgan fingerprint density at radius 2 is 0.917 bits per heavy atom. The van der Waals surface area contributed by atoms with Gasteiger partial charge in [-0.1, -0.05) is 84.9 Å². The standard InChI is InChI=1S/C46H32N2/c1-29-11-10-12-30(2)46(29)47(35-13-4-3-5-14-35)36-21-19-31-25-40-42(27-33(31)23-36)41-26-32-20-22-37(24-34(32)28-43(40)41)48-44-17-8-6-15-38(44)39-16-7-9-18-45(39)48/h3-28H,1-2H3. The molecule has 1 aromatic heterocycles. The summed E-state index contributed by atoms with van der Waals surface area (Å²) in [7, 11) is 0. The normalized spacial score (nSPS) is 12.0. The number of rotatable bonds is 4. The molecule has 9 aromatic rings. The molecular weight excluding hydrogens is 581 g/mol. The Kier molecular flexibility index (Phi) is 5.74. The maximum atomic E-state index is 2.40. The number of anilines is 3. The van der Waals surface area contributed by atoms with Crippen LogP contribution in [0.3, 0.4) is 0 Å². The zero-order valence-corrected chi connectivity index (χ0v) is 26.9. The Morgan fingerprint density at radius 1 is 0.396 bits per heavy atom. The lowest BCUT2D eigenvalue weighted by atomic mass is 9.78. The van der Waals surface area contributed by atoms with Gasteiger partial charge in [0.2, 0.25) is 0 Å². The summed E-state index contributed by atoms with van der Waals surface area (Å²) in [4.78, 5) is 2.40. The Labute approximate surface area is 279 Å². The molecule has 2 nitrogen and oxygen atoms in total. The van der Waals surface area contributed by atoms with Gasteiger partial charge in [-0.25, -0.2) is 0 Å². The van der Waals surface area contributed by atoms with Gasteiger partial charge in [-0.3, -0.25) is 0 Å². The molecule has 0 saturated heterocycles. The molecule has 48 heavy (non-hydrogen) atoms. The van der Waals surface area contributed by atoms with E-state index in [1.165, 1.54) is 93.8 Å². The molecule has 10 rings (SSSR count). The van der Waals surface area contributed by atoms with Gasteiger partial charge in [-0.2, -0.15) is 0 Å². The van der Waals surface area contributed by atoms with E-state index < -0.39 is 0 Å². The van der Waals surface area contributed by atoms with Crippen molar-refractivity contribution in [2.24, 2.45) is 0 Å². The fraction of sp³-hybridized carbons (Fsp3) is 0.0435. The minimum absolute atomic E-state index is 1.16. The van der Waals surface area contributed by atoms with Gasteiger partial charge in [0.1, 0.15) is 0 Å². The number of para-hydroxylation sites is 4. The van der Waals surface area contributed by atoms with Crippen molar-refractivity contribution in [2.75, 3.05) is 4.90 Å². The highest BCUT2D eigenvalue weighted by molar-refractivity contribution is 6.13. The fourth-order valence-corrected chi connectivity index (χ4v) is 8.02. The van der Waals surface area contributed by atoms with Crippen molar-refractivity contribution in [3.8, 4) is 27.9 Å². The molecule has 0 bridgehead atoms. The third kappa shape index (κ3) is 3.93. The summed E-state index contributed by atoms with van der Waals surface area (Å²) in [5.41, 5.74) is 15.1. The van der Waals surface area contributed by atoms with Crippen LogP contribution < -0.4 is 4.90 Å². The Bertz CT molecular complexity index is 2680. The third-order valence-corrected chi connectivity index (χ3v) is 10.3. The molecule has 226 valence electrons. The van der Waals surface area contributed by atoms with Crippen molar-refractivity contribution >= 4 is 60.4 Å². The summed E-state index contributed by atoms with van der Waals surface area (Å²) in [6.07, 6.45) is 0. The van der Waals surface area contributed by atoms with Crippen molar-refractivity contribution in [1.29, 1.82) is 0 Å². The van der Waals surface area contributed by atoms with E-state index in [0.29, 0.717) is 0 Å². The first-order valence-electron chi connectivity index (χ1n) is 16.7. The van der Waals surface area contributed by atoms with Gasteiger partial charge < -0.3 is 9.47 Å². The van der Waals surface area contributed by atoms with Crippen LogP contribution in [-0.4, -0.2) is 4.57 Å². The molecule has 0 radical (unpaired) electrons. The zero-order valence-electron chi connectivity index (χ0n) is 26.9. The number of aryl methyl sites for hydroxylation is 2. The van der Waals surface area contributed by atoms with E-state index in [2.05, 4.69) is 181 Å². The summed E-state index contributed by atoms with van der Waals surface area (Å²) in [6, 6.07) is 58.1. The Hall–Kier alpha value is -6.12. The van der Waals surface area contributed by atoms with Crippen molar-refractivity contribution in [1.82, 2.24) is 4.57 Å². The van der Waals surface area contributed by atoms with Crippen molar-refractivity contribution in [3.05, 3.63) is 169 Å². The van der Waals surface area contributed by atoms with Gasteiger partial charge in [-0.05, 0) is 142 Å². The topological polar surface area (TPSA) is 8.17 Å². The average Bonchev–Trinajstić information content (AvgIpc) is 3.46. The van der Waals surface area contributed by atoms with Gasteiger partial charge in [0.15, 0.2) is 0 Å². The molecule has 1 heterocycles. The molecule has 0 fully saturated rings. The maximum absolute atomic E-state index is 2.40. The van der Waals surface area contributed by atoms with Crippen LogP contribution in [0.4, 0.5) is 17.1 Å². The van der Waals surface area contributed by atoms with E-state index in [9.17, 15) is 0 Å². The van der Waals surface area contributed by atoms with Gasteiger partial charge >= 0.3 is 0 Å². The molecule has 0 unspecified atom stereocenters. The first-order chi connectivity index (χ1) is 23.6. The highest BCUT2D eigenvalue weighted by atomic mass is 15.1. The summed E-state index contributed by atoms with van der Waals surface area (Å²) < 4.78 is 2.40. The van der Waals surface area contributed by atoms with Crippen LogP contribution in [0.15, 0.2) is 158 Å². The molecule has 1 aliphatic rings. The number of fused-ring (bicyclic) bond motifs is 9. The maximum Gasteiger partial charge on any atom is 0.0541 e. The average molecular weight is 613 g/mol. The van der Waals surface area contributed by atoms with Gasteiger partial charge in [-0.15, -0.1) is 0 Å². The zero-order chi connectivity index (χ0) is 31.9. The quantitative estimate of drug-likeness (QED) is 0.192. The minimum atomic E-state index is 1.16. The van der Waals surface area contributed by atoms with Crippen molar-refractivity contribution in [2.45, 2.75) is 13.8 Å². The highest BCUT2D eigenvalue weighted by Crippen LogP contribution is 2.51. The predicted octanol–water partition coefficient (Wildman–Crippen LogP) is 12.8. The van der Waals surface area contributed by atoms with E-state index >= 15 is 0 Å². The van der Waals surface area contributed by atoms with Crippen LogP contribution in [0.1, 0.15) is 11.1 Å². The largest absolute Gasteiger partial charge is 0.310 e. The Morgan fingerprint density at radius 3 is 1.54 bits per heavy atom. The summed E-state index contributed by atoms with van der Waals surface area (Å²) >= 11 is 0. The molecule has 0 saturated carbocycles. The van der Waals surface area contributed by atoms with Crippen molar-refractivity contribution < 1.29 is 0 Å². The first kappa shape index (κ1) is 27.0. The van der Waals surface area contributed by atoms with Crippen molar-refractivity contribution in [3.63, 3.8) is 0 Å². The van der Waals surface area contributed by atoms with Crippen LogP contribution >= 0.6 is 0 Å². The Balaban J connectivity index is 1.08. The highest BCUT2D eigenvalue weighted by Gasteiger charge is 2.25. The number of aromatic nitrogens is 1. The minimum Gasteiger partial charge on any atom is -0.310 e. The molecule has 0 spiro atoms. The van der Waals surface area contributed by atoms with E-state index in [1.807, 2.05) is 0 Å². The van der Waals surface area contributed by atoms with E-state index in [-0.39, 0.29) is 0 Å². The van der Waals surface area contributed by atoms with Gasteiger partial charge in [0.25, 0.3) is 0 Å². The molecule has 8 aromatic carbocycles. The van der Waals surface area contributed by atoms with E-state index in [1.54, 1.807) is 0 Å². The third-order valence-electron chi connectivity index (χ3n) is 10.3. The second kappa shape index (κ2) is 10.2. The predicted molar refractivity (Wildman–Crippen MR) is 204 cm³/mol. The van der Waals surface area contributed by atoms with Gasteiger partial charge in [0.05, 0.1) is 16.7 Å². The number of nitrogens with zero attached hydrogens (tertiary/aromatic N) is 2. The lowest BCUT2D eigenvalue weighted by molar-refractivity contribution is 1.19. The molecule has 1 aliphatic carbocycles. The molecule has 0 N–H and O–H groups in total. The first-order valence-corrected chi connectivity index (χ1v) is 16.7.